The van der Waals surface area contributed by atoms with E-state index < -0.39 is 0 Å². The molecule has 0 fully saturated rings. The number of hydrogen-bond acceptors (Lipinski definition) is 3. The molecule has 0 saturated heterocycles. The van der Waals surface area contributed by atoms with Crippen LogP contribution in [-0.2, 0) is 6.54 Å². The number of aromatic nitrogens is 2. The first-order valence-electron chi connectivity index (χ1n) is 6.12. The van der Waals surface area contributed by atoms with Gasteiger partial charge in [0.15, 0.2) is 0 Å². The molecule has 5 nitrogen and oxygen atoms in total. The predicted molar refractivity (Wildman–Crippen MR) is 73.6 cm³/mol. The lowest BCUT2D eigenvalue weighted by atomic mass is 10.2. The zero-order chi connectivity index (χ0) is 13.8. The first kappa shape index (κ1) is 13.1. The molecule has 0 spiro atoms. The van der Waals surface area contributed by atoms with E-state index in [2.05, 4.69) is 10.4 Å². The van der Waals surface area contributed by atoms with Gasteiger partial charge < -0.3 is 10.1 Å². The molecule has 1 aromatic carbocycles. The Morgan fingerprint density at radius 1 is 1.47 bits per heavy atom. The normalized spacial score (nSPS) is 10.3. The number of amides is 1. The van der Waals surface area contributed by atoms with E-state index in [-0.39, 0.29) is 5.91 Å². The van der Waals surface area contributed by atoms with Gasteiger partial charge >= 0.3 is 0 Å². The molecule has 2 rings (SSSR count). The highest BCUT2D eigenvalue weighted by Crippen LogP contribution is 2.25. The zero-order valence-electron chi connectivity index (χ0n) is 11.3. The Hall–Kier alpha value is -2.30. The summed E-state index contributed by atoms with van der Waals surface area (Å²) in [5, 5.41) is 6.92. The van der Waals surface area contributed by atoms with Crippen molar-refractivity contribution in [3.63, 3.8) is 0 Å². The van der Waals surface area contributed by atoms with Crippen molar-refractivity contribution in [2.75, 3.05) is 12.4 Å². The number of rotatable bonds is 4. The molecule has 0 unspecified atom stereocenters. The number of nitrogens with one attached hydrogen (secondary N) is 1. The second kappa shape index (κ2) is 5.56. The fraction of sp³-hybridized carbons (Fsp3) is 0.286. The Morgan fingerprint density at radius 3 is 2.89 bits per heavy atom. The molecule has 0 aliphatic rings. The van der Waals surface area contributed by atoms with Gasteiger partial charge in [0.05, 0.1) is 24.6 Å². The van der Waals surface area contributed by atoms with E-state index >= 15 is 0 Å². The van der Waals surface area contributed by atoms with E-state index in [1.165, 1.54) is 0 Å². The number of carbonyl (C=O) groups excluding carboxylic acids is 1. The lowest BCUT2D eigenvalue weighted by molar-refractivity contribution is 0.102. The fourth-order valence-corrected chi connectivity index (χ4v) is 1.77. The third-order valence-corrected chi connectivity index (χ3v) is 2.82. The Balaban J connectivity index is 2.20. The highest BCUT2D eigenvalue weighted by molar-refractivity contribution is 6.04. The predicted octanol–water partition coefficient (Wildman–Crippen LogP) is 2.47. The third kappa shape index (κ3) is 2.93. The van der Waals surface area contributed by atoms with E-state index in [0.717, 1.165) is 12.1 Å². The Morgan fingerprint density at radius 2 is 2.26 bits per heavy atom. The van der Waals surface area contributed by atoms with Crippen molar-refractivity contribution in [2.45, 2.75) is 20.4 Å². The van der Waals surface area contributed by atoms with Crippen LogP contribution in [0.25, 0.3) is 0 Å². The summed E-state index contributed by atoms with van der Waals surface area (Å²) in [5.41, 5.74) is 2.25. The average Bonchev–Trinajstić information content (AvgIpc) is 2.88. The Labute approximate surface area is 112 Å². The number of ether oxygens (including phenoxy) is 1. The van der Waals surface area contributed by atoms with Gasteiger partial charge in [-0.1, -0.05) is 6.07 Å². The van der Waals surface area contributed by atoms with E-state index in [1.54, 1.807) is 24.2 Å². The molecule has 100 valence electrons. The lowest BCUT2D eigenvalue weighted by Gasteiger charge is -2.10. The largest absolute Gasteiger partial charge is 0.495 e. The van der Waals surface area contributed by atoms with E-state index in [4.69, 9.17) is 4.74 Å². The molecule has 1 heterocycles. The van der Waals surface area contributed by atoms with Crippen LogP contribution in [0.15, 0.2) is 30.6 Å². The monoisotopic (exact) mass is 259 g/mol. The summed E-state index contributed by atoms with van der Waals surface area (Å²) >= 11 is 0. The van der Waals surface area contributed by atoms with Crippen LogP contribution in [0, 0.1) is 6.92 Å². The molecule has 0 aliphatic carbocycles. The van der Waals surface area contributed by atoms with Gasteiger partial charge in [-0.2, -0.15) is 5.10 Å². The summed E-state index contributed by atoms with van der Waals surface area (Å²) in [5.74, 6) is 0.449. The van der Waals surface area contributed by atoms with Gasteiger partial charge in [0.2, 0.25) is 0 Å². The number of hydrogen-bond donors (Lipinski definition) is 1. The maximum Gasteiger partial charge on any atom is 0.258 e. The summed E-state index contributed by atoms with van der Waals surface area (Å²) in [4.78, 5) is 12.1. The molecular formula is C14H17N3O2. The van der Waals surface area contributed by atoms with Crippen LogP contribution in [-0.4, -0.2) is 22.8 Å². The van der Waals surface area contributed by atoms with Gasteiger partial charge in [0.25, 0.3) is 5.91 Å². The van der Waals surface area contributed by atoms with Crippen LogP contribution in [0.5, 0.6) is 5.75 Å². The summed E-state index contributed by atoms with van der Waals surface area (Å²) in [7, 11) is 1.58. The molecule has 1 aromatic heterocycles. The SMILES string of the molecule is CCn1cc(C(=O)Nc2cc(C)ccc2OC)cn1. The maximum absolute atomic E-state index is 12.1. The Kier molecular flexibility index (Phi) is 3.85. The Bertz CT molecular complexity index is 590. The molecule has 0 bridgehead atoms. The standard InChI is InChI=1S/C14H17N3O2/c1-4-17-9-11(8-15-17)14(18)16-12-7-10(2)5-6-13(12)19-3/h5-9H,4H2,1-3H3,(H,16,18). The molecule has 19 heavy (non-hydrogen) atoms. The summed E-state index contributed by atoms with van der Waals surface area (Å²) in [6, 6.07) is 5.64. The van der Waals surface area contributed by atoms with Crippen molar-refractivity contribution in [3.8, 4) is 5.75 Å². The molecule has 2 aromatic rings. The highest BCUT2D eigenvalue weighted by Gasteiger charge is 2.11. The van der Waals surface area contributed by atoms with Crippen LogP contribution in [0.1, 0.15) is 22.8 Å². The van der Waals surface area contributed by atoms with Gasteiger partial charge in [0.1, 0.15) is 5.75 Å². The van der Waals surface area contributed by atoms with Crippen molar-refractivity contribution in [1.29, 1.82) is 0 Å². The van der Waals surface area contributed by atoms with Gasteiger partial charge in [-0.15, -0.1) is 0 Å². The minimum Gasteiger partial charge on any atom is -0.495 e. The lowest BCUT2D eigenvalue weighted by Crippen LogP contribution is -2.12. The molecule has 0 atom stereocenters. The molecule has 1 N–H and O–H groups in total. The van der Waals surface area contributed by atoms with Crippen molar-refractivity contribution in [1.82, 2.24) is 9.78 Å². The van der Waals surface area contributed by atoms with Crippen LogP contribution in [0.4, 0.5) is 5.69 Å². The zero-order valence-corrected chi connectivity index (χ0v) is 11.3. The molecule has 0 aliphatic heterocycles. The van der Waals surface area contributed by atoms with Crippen molar-refractivity contribution < 1.29 is 9.53 Å². The average molecular weight is 259 g/mol. The summed E-state index contributed by atoms with van der Waals surface area (Å²) in [6.45, 7) is 4.67. The van der Waals surface area contributed by atoms with E-state index in [1.807, 2.05) is 32.0 Å². The molecule has 1 amide bonds. The van der Waals surface area contributed by atoms with Crippen LogP contribution < -0.4 is 10.1 Å². The van der Waals surface area contributed by atoms with Crippen molar-refractivity contribution in [3.05, 3.63) is 41.7 Å². The minimum absolute atomic E-state index is 0.191. The minimum atomic E-state index is -0.191. The number of carbonyl (C=O) groups is 1. The first-order chi connectivity index (χ1) is 9.13. The maximum atomic E-state index is 12.1. The smallest absolute Gasteiger partial charge is 0.258 e. The van der Waals surface area contributed by atoms with Crippen LogP contribution >= 0.6 is 0 Å². The van der Waals surface area contributed by atoms with Gasteiger partial charge in [-0.3, -0.25) is 9.48 Å². The summed E-state index contributed by atoms with van der Waals surface area (Å²) in [6.07, 6.45) is 3.28. The third-order valence-electron chi connectivity index (χ3n) is 2.82. The fourth-order valence-electron chi connectivity index (χ4n) is 1.77. The quantitative estimate of drug-likeness (QED) is 0.917. The van der Waals surface area contributed by atoms with Gasteiger partial charge in [-0.05, 0) is 31.5 Å². The second-order valence-electron chi connectivity index (χ2n) is 4.24. The molecule has 5 heteroatoms. The topological polar surface area (TPSA) is 56.2 Å². The van der Waals surface area contributed by atoms with Crippen LogP contribution in [0.3, 0.4) is 0 Å². The number of anilines is 1. The van der Waals surface area contributed by atoms with Gasteiger partial charge in [-0.25, -0.2) is 0 Å². The van der Waals surface area contributed by atoms with Gasteiger partial charge in [0, 0.05) is 12.7 Å². The van der Waals surface area contributed by atoms with E-state index in [9.17, 15) is 4.79 Å². The number of aryl methyl sites for hydroxylation is 2. The number of benzene rings is 1. The number of nitrogens with zero attached hydrogens (tertiary/aromatic N) is 2. The summed E-state index contributed by atoms with van der Waals surface area (Å²) < 4.78 is 6.94. The van der Waals surface area contributed by atoms with Crippen LogP contribution in [0.2, 0.25) is 0 Å². The first-order valence-corrected chi connectivity index (χ1v) is 6.12. The van der Waals surface area contributed by atoms with E-state index in [0.29, 0.717) is 17.0 Å². The molecular weight excluding hydrogens is 242 g/mol. The number of methoxy groups -OCH3 is 1. The molecule has 0 saturated carbocycles. The van der Waals surface area contributed by atoms with Crippen molar-refractivity contribution in [2.24, 2.45) is 0 Å². The highest BCUT2D eigenvalue weighted by atomic mass is 16.5. The molecule has 0 radical (unpaired) electrons. The van der Waals surface area contributed by atoms with Crippen molar-refractivity contribution >= 4 is 11.6 Å². The second-order valence-corrected chi connectivity index (χ2v) is 4.24.